The summed E-state index contributed by atoms with van der Waals surface area (Å²) < 4.78 is 0. The van der Waals surface area contributed by atoms with Crippen LogP contribution in [-0.2, 0) is 17.8 Å². The first-order valence-corrected chi connectivity index (χ1v) is 7.06. The molecule has 19 heavy (non-hydrogen) atoms. The van der Waals surface area contributed by atoms with Gasteiger partial charge < -0.3 is 16.0 Å². The van der Waals surface area contributed by atoms with Crippen molar-refractivity contribution in [1.29, 1.82) is 0 Å². The molecule has 0 spiro atoms. The standard InChI is InChI=1S/C15H23N3O/c1-16-8-2-3-9-17-11-12-4-6-14-13(10-12)5-7-15(19)18-14/h4,6,10,16-17H,2-3,5,7-9,11H2,1H3,(H,18,19). The smallest absolute Gasteiger partial charge is 0.224 e. The van der Waals surface area contributed by atoms with Crippen molar-refractivity contribution < 1.29 is 4.79 Å². The molecule has 0 fully saturated rings. The highest BCUT2D eigenvalue weighted by Gasteiger charge is 2.14. The van der Waals surface area contributed by atoms with Gasteiger partial charge in [-0.1, -0.05) is 12.1 Å². The van der Waals surface area contributed by atoms with Gasteiger partial charge in [0.1, 0.15) is 0 Å². The van der Waals surface area contributed by atoms with E-state index >= 15 is 0 Å². The molecule has 1 aliphatic heterocycles. The van der Waals surface area contributed by atoms with Gasteiger partial charge in [0.25, 0.3) is 0 Å². The van der Waals surface area contributed by atoms with E-state index in [1.54, 1.807) is 0 Å². The van der Waals surface area contributed by atoms with E-state index in [0.29, 0.717) is 6.42 Å². The molecule has 2 rings (SSSR count). The minimum absolute atomic E-state index is 0.128. The van der Waals surface area contributed by atoms with Crippen LogP contribution < -0.4 is 16.0 Å². The Hall–Kier alpha value is -1.39. The van der Waals surface area contributed by atoms with E-state index in [1.807, 2.05) is 13.1 Å². The SMILES string of the molecule is CNCCCCNCc1ccc2c(c1)CCC(=O)N2. The largest absolute Gasteiger partial charge is 0.326 e. The van der Waals surface area contributed by atoms with Gasteiger partial charge in [0.2, 0.25) is 5.91 Å². The van der Waals surface area contributed by atoms with E-state index in [1.165, 1.54) is 24.0 Å². The number of rotatable bonds is 7. The maximum Gasteiger partial charge on any atom is 0.224 e. The van der Waals surface area contributed by atoms with Crippen LogP contribution in [0, 0.1) is 0 Å². The van der Waals surface area contributed by atoms with Crippen molar-refractivity contribution in [2.75, 3.05) is 25.5 Å². The number of fused-ring (bicyclic) bond motifs is 1. The molecule has 0 saturated carbocycles. The summed E-state index contributed by atoms with van der Waals surface area (Å²) in [6, 6.07) is 6.31. The lowest BCUT2D eigenvalue weighted by Gasteiger charge is -2.17. The first-order valence-electron chi connectivity index (χ1n) is 7.06. The van der Waals surface area contributed by atoms with Crippen molar-refractivity contribution in [2.45, 2.75) is 32.2 Å². The highest BCUT2D eigenvalue weighted by Crippen LogP contribution is 2.23. The second kappa shape index (κ2) is 7.26. The highest BCUT2D eigenvalue weighted by atomic mass is 16.1. The fraction of sp³-hybridized carbons (Fsp3) is 0.533. The maximum absolute atomic E-state index is 11.3. The van der Waals surface area contributed by atoms with Crippen LogP contribution in [0.5, 0.6) is 0 Å². The van der Waals surface area contributed by atoms with Crippen LogP contribution in [0.4, 0.5) is 5.69 Å². The van der Waals surface area contributed by atoms with Gasteiger partial charge in [0.05, 0.1) is 0 Å². The molecular formula is C15H23N3O. The third-order valence-corrected chi connectivity index (χ3v) is 3.42. The van der Waals surface area contributed by atoms with Gasteiger partial charge in [-0.3, -0.25) is 4.79 Å². The monoisotopic (exact) mass is 261 g/mol. The summed E-state index contributed by atoms with van der Waals surface area (Å²) >= 11 is 0. The zero-order valence-corrected chi connectivity index (χ0v) is 11.6. The molecule has 1 aromatic rings. The number of anilines is 1. The van der Waals surface area contributed by atoms with E-state index < -0.39 is 0 Å². The molecule has 1 aliphatic rings. The molecule has 1 heterocycles. The number of benzene rings is 1. The lowest BCUT2D eigenvalue weighted by atomic mass is 10.0. The van der Waals surface area contributed by atoms with E-state index in [9.17, 15) is 4.79 Å². The lowest BCUT2D eigenvalue weighted by Crippen LogP contribution is -2.20. The van der Waals surface area contributed by atoms with Crippen molar-refractivity contribution in [1.82, 2.24) is 10.6 Å². The third kappa shape index (κ3) is 4.33. The topological polar surface area (TPSA) is 53.2 Å². The fourth-order valence-corrected chi connectivity index (χ4v) is 2.33. The molecular weight excluding hydrogens is 238 g/mol. The Balaban J connectivity index is 1.77. The van der Waals surface area contributed by atoms with Gasteiger partial charge in [-0.05, 0) is 56.6 Å². The van der Waals surface area contributed by atoms with Crippen LogP contribution >= 0.6 is 0 Å². The zero-order chi connectivity index (χ0) is 13.5. The van der Waals surface area contributed by atoms with Gasteiger partial charge in [0, 0.05) is 18.7 Å². The van der Waals surface area contributed by atoms with Gasteiger partial charge in [-0.25, -0.2) is 0 Å². The summed E-state index contributed by atoms with van der Waals surface area (Å²) in [6.45, 7) is 3.04. The molecule has 4 heteroatoms. The second-order valence-corrected chi connectivity index (χ2v) is 5.03. The molecule has 0 radical (unpaired) electrons. The number of hydrogen-bond acceptors (Lipinski definition) is 3. The number of carbonyl (C=O) groups is 1. The van der Waals surface area contributed by atoms with Crippen molar-refractivity contribution in [3.8, 4) is 0 Å². The summed E-state index contributed by atoms with van der Waals surface area (Å²) in [7, 11) is 1.99. The second-order valence-electron chi connectivity index (χ2n) is 5.03. The summed E-state index contributed by atoms with van der Waals surface area (Å²) in [5, 5.41) is 9.52. The van der Waals surface area contributed by atoms with Crippen LogP contribution in [0.3, 0.4) is 0 Å². The molecule has 0 aromatic heterocycles. The van der Waals surface area contributed by atoms with Crippen LogP contribution in [0.25, 0.3) is 0 Å². The van der Waals surface area contributed by atoms with Crippen molar-refractivity contribution in [3.63, 3.8) is 0 Å². The molecule has 0 saturated heterocycles. The van der Waals surface area contributed by atoms with Gasteiger partial charge in [-0.15, -0.1) is 0 Å². The Labute approximate surface area is 115 Å². The Morgan fingerprint density at radius 1 is 1.21 bits per heavy atom. The first-order chi connectivity index (χ1) is 9.29. The number of carbonyl (C=O) groups excluding carboxylic acids is 1. The van der Waals surface area contributed by atoms with Crippen LogP contribution in [0.15, 0.2) is 18.2 Å². The summed E-state index contributed by atoms with van der Waals surface area (Å²) in [5.41, 5.74) is 3.53. The zero-order valence-electron chi connectivity index (χ0n) is 11.6. The summed E-state index contributed by atoms with van der Waals surface area (Å²) in [5.74, 6) is 0.128. The Morgan fingerprint density at radius 2 is 2.05 bits per heavy atom. The third-order valence-electron chi connectivity index (χ3n) is 3.42. The molecule has 1 amide bonds. The molecule has 0 unspecified atom stereocenters. The maximum atomic E-state index is 11.3. The number of aryl methyl sites for hydroxylation is 1. The van der Waals surface area contributed by atoms with Crippen LogP contribution in [0.1, 0.15) is 30.4 Å². The number of unbranched alkanes of at least 4 members (excludes halogenated alkanes) is 1. The number of nitrogens with one attached hydrogen (secondary N) is 3. The highest BCUT2D eigenvalue weighted by molar-refractivity contribution is 5.93. The van der Waals surface area contributed by atoms with Crippen LogP contribution in [0.2, 0.25) is 0 Å². The van der Waals surface area contributed by atoms with Crippen molar-refractivity contribution in [2.24, 2.45) is 0 Å². The Bertz CT molecular complexity index is 431. The van der Waals surface area contributed by atoms with E-state index in [-0.39, 0.29) is 5.91 Å². The molecule has 0 bridgehead atoms. The Kier molecular flexibility index (Phi) is 5.36. The average Bonchev–Trinajstić information content (AvgIpc) is 2.43. The summed E-state index contributed by atoms with van der Waals surface area (Å²) in [6.07, 6.45) is 3.87. The molecule has 4 nitrogen and oxygen atoms in total. The number of hydrogen-bond donors (Lipinski definition) is 3. The minimum atomic E-state index is 0.128. The normalized spacial score (nSPS) is 14.1. The first kappa shape index (κ1) is 14.0. The number of amides is 1. The molecule has 0 aliphatic carbocycles. The van der Waals surface area contributed by atoms with Gasteiger partial charge in [0.15, 0.2) is 0 Å². The average molecular weight is 261 g/mol. The lowest BCUT2D eigenvalue weighted by molar-refractivity contribution is -0.116. The minimum Gasteiger partial charge on any atom is -0.326 e. The molecule has 0 atom stereocenters. The van der Waals surface area contributed by atoms with Gasteiger partial charge >= 0.3 is 0 Å². The van der Waals surface area contributed by atoms with Gasteiger partial charge in [-0.2, -0.15) is 0 Å². The fourth-order valence-electron chi connectivity index (χ4n) is 2.33. The molecule has 3 N–H and O–H groups in total. The molecule has 1 aromatic carbocycles. The molecule has 104 valence electrons. The van der Waals surface area contributed by atoms with E-state index in [0.717, 1.165) is 31.7 Å². The predicted molar refractivity (Wildman–Crippen MR) is 78.3 cm³/mol. The van der Waals surface area contributed by atoms with E-state index in [4.69, 9.17) is 0 Å². The quantitative estimate of drug-likeness (QED) is 0.654. The Morgan fingerprint density at radius 3 is 2.89 bits per heavy atom. The van der Waals surface area contributed by atoms with E-state index in [2.05, 4.69) is 28.1 Å². The van der Waals surface area contributed by atoms with Crippen molar-refractivity contribution in [3.05, 3.63) is 29.3 Å². The van der Waals surface area contributed by atoms with Crippen LogP contribution in [-0.4, -0.2) is 26.0 Å². The summed E-state index contributed by atoms with van der Waals surface area (Å²) in [4.78, 5) is 11.3. The van der Waals surface area contributed by atoms with Crippen molar-refractivity contribution >= 4 is 11.6 Å². The predicted octanol–water partition coefficient (Wildman–Crippen LogP) is 1.66.